The quantitative estimate of drug-likeness (QED) is 0.336. The summed E-state index contributed by atoms with van der Waals surface area (Å²) in [5.41, 5.74) is 1.99. The Morgan fingerprint density at radius 1 is 1.05 bits per heavy atom. The highest BCUT2D eigenvalue weighted by atomic mass is 35.5. The van der Waals surface area contributed by atoms with Crippen molar-refractivity contribution in [2.24, 2.45) is 0 Å². The van der Waals surface area contributed by atoms with Gasteiger partial charge in [-0.25, -0.2) is 4.68 Å². The Labute approximate surface area is 231 Å². The molecule has 0 saturated carbocycles. The number of nitrogens with one attached hydrogen (secondary N) is 1. The maximum Gasteiger partial charge on any atom is 0.249 e. The molecule has 4 aromatic rings. The molecule has 5 rings (SSSR count). The highest BCUT2D eigenvalue weighted by molar-refractivity contribution is 6.30. The summed E-state index contributed by atoms with van der Waals surface area (Å²) in [6.07, 6.45) is 0.703. The van der Waals surface area contributed by atoms with Gasteiger partial charge in [-0.15, -0.1) is 5.10 Å². The standard InChI is InChI=1S/C29H30ClN5O4/c1-4-29(2,3)31-28(37)27(19-9-11-20(30)12-10-19)35(21-13-14-24-25(17-21)39-16-15-38-24)26(36)18-34-23-8-6-5-7-22(23)32-33-34/h5-14,17,27H,4,15-16,18H2,1-3H3,(H,31,37)/t27-/m0/s1. The van der Waals surface area contributed by atoms with Crippen molar-refractivity contribution in [3.8, 4) is 11.5 Å². The molecule has 0 unspecified atom stereocenters. The highest BCUT2D eigenvalue weighted by Crippen LogP contribution is 2.37. The predicted octanol–water partition coefficient (Wildman–Crippen LogP) is 4.94. The van der Waals surface area contributed by atoms with Crippen molar-refractivity contribution in [3.05, 3.63) is 77.3 Å². The van der Waals surface area contributed by atoms with Crippen LogP contribution in [0.3, 0.4) is 0 Å². The van der Waals surface area contributed by atoms with E-state index in [0.29, 0.717) is 58.4 Å². The van der Waals surface area contributed by atoms with Crippen LogP contribution in [0.5, 0.6) is 11.5 Å². The topological polar surface area (TPSA) is 98.6 Å². The van der Waals surface area contributed by atoms with Crippen LogP contribution in [0, 0.1) is 0 Å². The summed E-state index contributed by atoms with van der Waals surface area (Å²) in [5, 5.41) is 12.0. The third-order valence-corrected chi connectivity index (χ3v) is 7.07. The number of aromatic nitrogens is 3. The molecular weight excluding hydrogens is 518 g/mol. The summed E-state index contributed by atoms with van der Waals surface area (Å²) in [6.45, 7) is 6.58. The maximum atomic E-state index is 14.2. The Morgan fingerprint density at radius 2 is 1.77 bits per heavy atom. The monoisotopic (exact) mass is 547 g/mol. The number of hydrogen-bond acceptors (Lipinski definition) is 6. The minimum absolute atomic E-state index is 0.135. The molecule has 1 aliphatic rings. The summed E-state index contributed by atoms with van der Waals surface area (Å²) >= 11 is 6.18. The van der Waals surface area contributed by atoms with Gasteiger partial charge in [0.1, 0.15) is 31.3 Å². The van der Waals surface area contributed by atoms with Crippen LogP contribution in [0.25, 0.3) is 11.0 Å². The van der Waals surface area contributed by atoms with E-state index >= 15 is 0 Å². The highest BCUT2D eigenvalue weighted by Gasteiger charge is 2.36. The third kappa shape index (κ3) is 5.68. The van der Waals surface area contributed by atoms with Gasteiger partial charge in [0.05, 0.1) is 5.52 Å². The molecule has 2 heterocycles. The van der Waals surface area contributed by atoms with Crippen LogP contribution >= 0.6 is 11.6 Å². The Kier molecular flexibility index (Phi) is 7.43. The summed E-state index contributed by atoms with van der Waals surface area (Å²) in [7, 11) is 0. The minimum atomic E-state index is -1.00. The zero-order valence-corrected chi connectivity index (χ0v) is 22.8. The number of para-hydroxylation sites is 1. The molecule has 39 heavy (non-hydrogen) atoms. The van der Waals surface area contributed by atoms with Crippen molar-refractivity contribution in [1.29, 1.82) is 0 Å². The van der Waals surface area contributed by atoms with Crippen molar-refractivity contribution in [2.45, 2.75) is 45.3 Å². The van der Waals surface area contributed by atoms with Gasteiger partial charge in [0, 0.05) is 22.3 Å². The van der Waals surface area contributed by atoms with E-state index in [4.69, 9.17) is 21.1 Å². The summed E-state index contributed by atoms with van der Waals surface area (Å²) < 4.78 is 13.0. The summed E-state index contributed by atoms with van der Waals surface area (Å²) in [4.78, 5) is 29.7. The second-order valence-corrected chi connectivity index (χ2v) is 10.4. The largest absolute Gasteiger partial charge is 0.486 e. The van der Waals surface area contributed by atoms with Crippen molar-refractivity contribution >= 4 is 40.1 Å². The Hall–Kier alpha value is -4.11. The molecule has 0 saturated heterocycles. The SMILES string of the molecule is CCC(C)(C)NC(=O)[C@H](c1ccc(Cl)cc1)N(C(=O)Cn1nnc2ccccc21)c1ccc2c(c1)OCCO2. The molecule has 1 aliphatic heterocycles. The molecule has 1 aromatic heterocycles. The van der Waals surface area contributed by atoms with Crippen molar-refractivity contribution < 1.29 is 19.1 Å². The zero-order valence-electron chi connectivity index (χ0n) is 22.1. The summed E-state index contributed by atoms with van der Waals surface area (Å²) in [6, 6.07) is 18.6. The average Bonchev–Trinajstić information content (AvgIpc) is 3.34. The first-order valence-corrected chi connectivity index (χ1v) is 13.2. The van der Waals surface area contributed by atoms with Crippen LogP contribution in [0.15, 0.2) is 66.7 Å². The van der Waals surface area contributed by atoms with Gasteiger partial charge in [-0.1, -0.05) is 48.0 Å². The number of ether oxygens (including phenoxy) is 2. The molecule has 0 bridgehead atoms. The second kappa shape index (κ2) is 10.9. The van der Waals surface area contributed by atoms with Gasteiger partial charge >= 0.3 is 0 Å². The van der Waals surface area contributed by atoms with E-state index in [1.54, 1.807) is 42.5 Å². The third-order valence-electron chi connectivity index (χ3n) is 6.82. The normalized spacial score (nSPS) is 13.6. The van der Waals surface area contributed by atoms with Crippen molar-refractivity contribution in [2.75, 3.05) is 18.1 Å². The second-order valence-electron chi connectivity index (χ2n) is 10.0. The maximum absolute atomic E-state index is 14.2. The van der Waals surface area contributed by atoms with Crippen LogP contribution in [-0.2, 0) is 16.1 Å². The van der Waals surface area contributed by atoms with Crippen molar-refractivity contribution in [3.63, 3.8) is 0 Å². The number of rotatable bonds is 8. The van der Waals surface area contributed by atoms with Gasteiger partial charge in [0.2, 0.25) is 11.8 Å². The van der Waals surface area contributed by atoms with Crippen LogP contribution in [0.4, 0.5) is 5.69 Å². The molecule has 202 valence electrons. The zero-order chi connectivity index (χ0) is 27.6. The molecule has 10 heteroatoms. The van der Waals surface area contributed by atoms with E-state index < -0.39 is 11.6 Å². The predicted molar refractivity (Wildman–Crippen MR) is 149 cm³/mol. The van der Waals surface area contributed by atoms with E-state index in [2.05, 4.69) is 15.6 Å². The number of anilines is 1. The van der Waals surface area contributed by atoms with E-state index in [-0.39, 0.29) is 18.4 Å². The van der Waals surface area contributed by atoms with E-state index in [1.807, 2.05) is 45.0 Å². The molecule has 9 nitrogen and oxygen atoms in total. The Balaban J connectivity index is 1.62. The van der Waals surface area contributed by atoms with Crippen LogP contribution < -0.4 is 19.7 Å². The lowest BCUT2D eigenvalue weighted by atomic mass is 9.98. The van der Waals surface area contributed by atoms with E-state index in [1.165, 1.54) is 9.58 Å². The fourth-order valence-electron chi connectivity index (χ4n) is 4.41. The number of benzene rings is 3. The van der Waals surface area contributed by atoms with Crippen LogP contribution in [0.1, 0.15) is 38.8 Å². The first-order chi connectivity index (χ1) is 18.8. The lowest BCUT2D eigenvalue weighted by Gasteiger charge is -2.35. The van der Waals surface area contributed by atoms with Gasteiger partial charge in [0.15, 0.2) is 11.5 Å². The van der Waals surface area contributed by atoms with Crippen LogP contribution in [-0.4, -0.2) is 45.6 Å². The van der Waals surface area contributed by atoms with Gasteiger partial charge < -0.3 is 14.8 Å². The van der Waals surface area contributed by atoms with Gasteiger partial charge in [-0.05, 0) is 62.2 Å². The van der Waals surface area contributed by atoms with Crippen molar-refractivity contribution in [1.82, 2.24) is 20.3 Å². The summed E-state index contributed by atoms with van der Waals surface area (Å²) in [5.74, 6) is 0.411. The molecule has 3 aromatic carbocycles. The Morgan fingerprint density at radius 3 is 2.51 bits per heavy atom. The fourth-order valence-corrected chi connectivity index (χ4v) is 4.54. The first-order valence-electron chi connectivity index (χ1n) is 12.8. The smallest absolute Gasteiger partial charge is 0.249 e. The lowest BCUT2D eigenvalue weighted by Crippen LogP contribution is -2.51. The number of carbonyl (C=O) groups excluding carboxylic acids is 2. The van der Waals surface area contributed by atoms with E-state index in [0.717, 1.165) is 0 Å². The molecule has 0 radical (unpaired) electrons. The number of halogens is 1. The number of hydrogen-bond donors (Lipinski definition) is 1. The van der Waals surface area contributed by atoms with Gasteiger partial charge in [-0.3, -0.25) is 14.5 Å². The average molecular weight is 548 g/mol. The molecule has 1 N–H and O–H groups in total. The van der Waals surface area contributed by atoms with Crippen LogP contribution in [0.2, 0.25) is 5.02 Å². The molecular formula is C29H30ClN5O4. The molecule has 1 atom stereocenters. The van der Waals surface area contributed by atoms with E-state index in [9.17, 15) is 9.59 Å². The number of fused-ring (bicyclic) bond motifs is 2. The first kappa shape index (κ1) is 26.5. The number of amides is 2. The molecule has 2 amide bonds. The fraction of sp³-hybridized carbons (Fsp3) is 0.310. The number of nitrogens with zero attached hydrogens (tertiary/aromatic N) is 4. The molecule has 0 spiro atoms. The molecule has 0 aliphatic carbocycles. The minimum Gasteiger partial charge on any atom is -0.486 e. The van der Waals surface area contributed by atoms with Gasteiger partial charge in [0.25, 0.3) is 0 Å². The Bertz CT molecular complexity index is 1500. The lowest BCUT2D eigenvalue weighted by molar-refractivity contribution is -0.128. The van der Waals surface area contributed by atoms with Gasteiger partial charge in [-0.2, -0.15) is 0 Å². The molecule has 0 fully saturated rings. The number of carbonyl (C=O) groups is 2.